The van der Waals surface area contributed by atoms with E-state index in [9.17, 15) is 24.3 Å². The zero-order valence-electron chi connectivity index (χ0n) is 33.8. The summed E-state index contributed by atoms with van der Waals surface area (Å²) in [4.78, 5) is 62.1. The van der Waals surface area contributed by atoms with Crippen molar-refractivity contribution in [1.82, 2.24) is 15.2 Å². The van der Waals surface area contributed by atoms with Crippen molar-refractivity contribution in [2.75, 3.05) is 21.2 Å². The van der Waals surface area contributed by atoms with E-state index in [1.165, 1.54) is 14.0 Å². The lowest BCUT2D eigenvalue weighted by Crippen LogP contribution is -2.60. The van der Waals surface area contributed by atoms with Crippen LogP contribution in [0.25, 0.3) is 17.0 Å². The van der Waals surface area contributed by atoms with Crippen molar-refractivity contribution >= 4 is 40.6 Å². The molecular weight excluding hydrogens is 706 g/mol. The first-order chi connectivity index (χ1) is 25.9. The van der Waals surface area contributed by atoms with Gasteiger partial charge in [0.1, 0.15) is 23.9 Å². The number of carbonyl (C=O) groups excluding carboxylic acids is 4. The van der Waals surface area contributed by atoms with Crippen LogP contribution in [0.5, 0.6) is 0 Å². The zero-order valence-corrected chi connectivity index (χ0v) is 33.8. The summed E-state index contributed by atoms with van der Waals surface area (Å²) >= 11 is 0. The lowest BCUT2D eigenvalue weighted by molar-refractivity contribution is -0.295. The van der Waals surface area contributed by atoms with Gasteiger partial charge in [-0.2, -0.15) is 0 Å². The van der Waals surface area contributed by atoms with Crippen LogP contribution >= 0.6 is 0 Å². The molecule has 13 nitrogen and oxygen atoms in total. The minimum atomic E-state index is -1.44. The molecule has 13 heteroatoms. The quantitative estimate of drug-likeness (QED) is 0.270. The second-order valence-corrected chi connectivity index (χ2v) is 16.4. The van der Waals surface area contributed by atoms with E-state index < -0.39 is 83.4 Å². The maximum atomic E-state index is 14.3. The van der Waals surface area contributed by atoms with E-state index in [0.717, 1.165) is 16.5 Å². The molecule has 0 saturated carbocycles. The van der Waals surface area contributed by atoms with Crippen molar-refractivity contribution in [1.29, 1.82) is 0 Å². The number of aliphatic hydroxyl groups excluding tert-OH is 1. The SMILES string of the molecule is COC1(C)C[C@@H](C)C(=O)[C@H](C)C2NC(=O)OC2(C)[C@@H](CC/C=C/c2cnc3ccccc3c2)OC(=O)C(C)C(=O)[C@H](C)C1OC1OC(C)CC(N(C)C)C1O. The zero-order chi connectivity index (χ0) is 40.4. The summed E-state index contributed by atoms with van der Waals surface area (Å²) in [5, 5.41) is 15.2. The maximum absolute atomic E-state index is 14.3. The third-order valence-corrected chi connectivity index (χ3v) is 12.1. The number of alkyl carbamates (subject to hydrolysis) is 1. The van der Waals surface area contributed by atoms with E-state index >= 15 is 0 Å². The van der Waals surface area contributed by atoms with E-state index in [1.807, 2.05) is 68.4 Å². The molecule has 4 heterocycles. The summed E-state index contributed by atoms with van der Waals surface area (Å²) in [6.45, 7) is 12.0. The first kappa shape index (κ1) is 42.4. The number of Topliss-reactive ketones (excluding diaryl/α,β-unsaturated/α-hetero) is 2. The molecule has 3 fully saturated rings. The standard InChI is InChI=1S/C42H59N3O10/c1-23-21-41(6,51-10)37(54-39-35(48)31(45(8)9)19-24(2)52-39)26(4)34(47)27(5)38(49)53-32(42(7)36(25(3)33(23)46)44-40(50)55-42)18-14-11-15-28-20-29-16-12-13-17-30(29)43-22-28/h11-13,15-17,20,22-27,31-32,35-37,39,48H,14,18-19,21H2,1-10H3,(H,44,50)/b15-11+/t23-,24?,25+,26+,27?,31?,32-,35?,36?,37?,39?,41?,42?/m1/s1. The molecule has 55 heavy (non-hydrogen) atoms. The van der Waals surface area contributed by atoms with Crippen molar-refractivity contribution in [2.45, 2.75) is 128 Å². The van der Waals surface area contributed by atoms with Crippen LogP contribution in [0.15, 0.2) is 42.6 Å². The van der Waals surface area contributed by atoms with Gasteiger partial charge in [-0.15, -0.1) is 0 Å². The third kappa shape index (κ3) is 8.96. The van der Waals surface area contributed by atoms with Gasteiger partial charge in [0.25, 0.3) is 0 Å². The average Bonchev–Trinajstić information content (AvgIpc) is 3.47. The molecule has 0 radical (unpaired) electrons. The van der Waals surface area contributed by atoms with Crippen molar-refractivity contribution in [2.24, 2.45) is 23.7 Å². The third-order valence-electron chi connectivity index (χ3n) is 12.1. The van der Waals surface area contributed by atoms with Crippen LogP contribution in [0.1, 0.15) is 79.7 Å². The number of pyridine rings is 1. The number of amides is 1. The summed E-state index contributed by atoms with van der Waals surface area (Å²) in [6, 6.07) is 8.70. The number of benzene rings is 1. The fourth-order valence-electron chi connectivity index (χ4n) is 8.69. The predicted octanol–water partition coefficient (Wildman–Crippen LogP) is 5.11. The van der Waals surface area contributed by atoms with Crippen LogP contribution in [0.4, 0.5) is 4.79 Å². The van der Waals surface area contributed by atoms with Crippen molar-refractivity contribution < 1.29 is 48.0 Å². The van der Waals surface area contributed by atoms with Crippen LogP contribution in [0.3, 0.4) is 0 Å². The summed E-state index contributed by atoms with van der Waals surface area (Å²) < 4.78 is 30.9. The molecule has 5 rings (SSSR count). The highest BCUT2D eigenvalue weighted by Gasteiger charge is 2.57. The van der Waals surface area contributed by atoms with E-state index in [4.69, 9.17) is 23.7 Å². The second-order valence-electron chi connectivity index (χ2n) is 16.4. The summed E-state index contributed by atoms with van der Waals surface area (Å²) in [6.07, 6.45) is 1.73. The number of cyclic esters (lactones) is 1. The molecule has 0 bridgehead atoms. The summed E-state index contributed by atoms with van der Waals surface area (Å²) in [5.74, 6) is -5.08. The van der Waals surface area contributed by atoms with Gasteiger partial charge in [-0.3, -0.25) is 19.4 Å². The molecule has 3 aliphatic rings. The highest BCUT2D eigenvalue weighted by molar-refractivity contribution is 6.00. The largest absolute Gasteiger partial charge is 0.457 e. The maximum Gasteiger partial charge on any atom is 0.408 e. The number of nitrogens with zero attached hydrogens (tertiary/aromatic N) is 2. The number of allylic oxidation sites excluding steroid dienone is 1. The van der Waals surface area contributed by atoms with E-state index in [2.05, 4.69) is 10.3 Å². The molecule has 13 atom stereocenters. The smallest absolute Gasteiger partial charge is 0.408 e. The Labute approximate surface area is 324 Å². The topological polar surface area (TPSA) is 163 Å². The number of carbonyl (C=O) groups is 4. The van der Waals surface area contributed by atoms with Crippen molar-refractivity contribution in [3.05, 3.63) is 48.2 Å². The number of para-hydroxylation sites is 1. The summed E-state index contributed by atoms with van der Waals surface area (Å²) in [5.41, 5.74) is -0.931. The van der Waals surface area contributed by atoms with Crippen molar-refractivity contribution in [3.63, 3.8) is 0 Å². The number of ether oxygens (including phenoxy) is 5. The van der Waals surface area contributed by atoms with Gasteiger partial charge in [-0.05, 0) is 85.2 Å². The molecule has 2 aromatic rings. The van der Waals surface area contributed by atoms with E-state index in [1.54, 1.807) is 40.8 Å². The number of likely N-dealkylation sites (N-methyl/N-ethyl adjacent to an activating group) is 1. The summed E-state index contributed by atoms with van der Waals surface area (Å²) in [7, 11) is 5.22. The predicted molar refractivity (Wildman–Crippen MR) is 206 cm³/mol. The Morgan fingerprint density at radius 2 is 1.75 bits per heavy atom. The van der Waals surface area contributed by atoms with Gasteiger partial charge in [0.05, 0.1) is 29.4 Å². The number of rotatable bonds is 8. The number of hydrogen-bond donors (Lipinski definition) is 2. The van der Waals surface area contributed by atoms with Gasteiger partial charge < -0.3 is 39.0 Å². The lowest BCUT2D eigenvalue weighted by atomic mass is 9.73. The first-order valence-corrected chi connectivity index (χ1v) is 19.4. The van der Waals surface area contributed by atoms with Crippen LogP contribution in [-0.4, -0.2) is 114 Å². The number of methoxy groups -OCH3 is 1. The number of aromatic nitrogens is 1. The van der Waals surface area contributed by atoms with Crippen LogP contribution in [0.2, 0.25) is 0 Å². The number of esters is 1. The lowest BCUT2D eigenvalue weighted by Gasteiger charge is -2.47. The minimum Gasteiger partial charge on any atom is -0.457 e. The number of ketones is 2. The Morgan fingerprint density at radius 1 is 1.04 bits per heavy atom. The Balaban J connectivity index is 1.48. The van der Waals surface area contributed by atoms with E-state index in [-0.39, 0.29) is 30.8 Å². The average molecular weight is 766 g/mol. The van der Waals surface area contributed by atoms with Crippen LogP contribution in [0, 0.1) is 23.7 Å². The molecular formula is C42H59N3O10. The normalized spacial score (nSPS) is 38.1. The Morgan fingerprint density at radius 3 is 2.44 bits per heavy atom. The Kier molecular flexibility index (Phi) is 13.2. The van der Waals surface area contributed by atoms with Gasteiger partial charge in [-0.25, -0.2) is 4.79 Å². The fraction of sp³-hybridized carbons (Fsp3) is 0.643. The number of hydrogen-bond acceptors (Lipinski definition) is 12. The number of nitrogens with one attached hydrogen (secondary N) is 1. The molecule has 0 aliphatic carbocycles. The van der Waals surface area contributed by atoms with Gasteiger partial charge in [0.2, 0.25) is 0 Å². The van der Waals surface area contributed by atoms with Gasteiger partial charge in [0.15, 0.2) is 17.7 Å². The highest BCUT2D eigenvalue weighted by atomic mass is 16.7. The number of fused-ring (bicyclic) bond motifs is 2. The first-order valence-electron chi connectivity index (χ1n) is 19.4. The van der Waals surface area contributed by atoms with Crippen LogP contribution in [-0.2, 0) is 38.1 Å². The Bertz CT molecular complexity index is 1750. The molecule has 3 aliphatic heterocycles. The van der Waals surface area contributed by atoms with Gasteiger partial charge in [0, 0.05) is 42.5 Å². The monoisotopic (exact) mass is 765 g/mol. The number of aliphatic hydroxyl groups is 1. The van der Waals surface area contributed by atoms with Gasteiger partial charge in [-0.1, -0.05) is 51.1 Å². The molecule has 2 N–H and O–H groups in total. The highest BCUT2D eigenvalue weighted by Crippen LogP contribution is 2.40. The molecule has 3 saturated heterocycles. The van der Waals surface area contributed by atoms with Crippen molar-refractivity contribution in [3.8, 4) is 0 Å². The Hall–Kier alpha value is -3.75. The molecule has 1 aromatic carbocycles. The minimum absolute atomic E-state index is 0.124. The molecule has 1 aromatic heterocycles. The van der Waals surface area contributed by atoms with E-state index in [0.29, 0.717) is 12.8 Å². The fourth-order valence-corrected chi connectivity index (χ4v) is 8.69. The molecule has 0 spiro atoms. The molecule has 1 amide bonds. The molecule has 9 unspecified atom stereocenters. The van der Waals surface area contributed by atoms with Crippen LogP contribution < -0.4 is 5.32 Å². The second kappa shape index (κ2) is 17.2. The molecule has 302 valence electrons. The van der Waals surface area contributed by atoms with Gasteiger partial charge >= 0.3 is 12.1 Å².